The number of benzene rings is 1. The molecule has 2 nitrogen and oxygen atoms in total. The Morgan fingerprint density at radius 2 is 1.69 bits per heavy atom. The van der Waals surface area contributed by atoms with Crippen LogP contribution in [0.25, 0.3) is 11.3 Å². The topological polar surface area (TPSA) is 25.8 Å². The van der Waals surface area contributed by atoms with Gasteiger partial charge in [0.1, 0.15) is 0 Å². The largest absolute Gasteiger partial charge is 0.158 e. The van der Waals surface area contributed by atoms with Crippen LogP contribution in [0, 0.1) is 27.7 Å². The van der Waals surface area contributed by atoms with Crippen molar-refractivity contribution in [1.29, 1.82) is 0 Å². The van der Waals surface area contributed by atoms with Crippen molar-refractivity contribution in [3.63, 3.8) is 0 Å². The van der Waals surface area contributed by atoms with E-state index in [1.54, 1.807) is 0 Å². The maximum atomic E-state index is 4.26. The molecule has 2 rings (SSSR count). The lowest BCUT2D eigenvalue weighted by molar-refractivity contribution is 1.00. The van der Waals surface area contributed by atoms with E-state index in [0.717, 1.165) is 5.69 Å². The summed E-state index contributed by atoms with van der Waals surface area (Å²) >= 11 is 0. The summed E-state index contributed by atoms with van der Waals surface area (Å²) in [6.07, 6.45) is 1.81. The van der Waals surface area contributed by atoms with Crippen LogP contribution in [0.15, 0.2) is 24.4 Å². The van der Waals surface area contributed by atoms with E-state index in [-0.39, 0.29) is 0 Å². The van der Waals surface area contributed by atoms with E-state index in [0.29, 0.717) is 0 Å². The second-order valence-corrected chi connectivity index (χ2v) is 4.32. The van der Waals surface area contributed by atoms with E-state index < -0.39 is 0 Å². The molecule has 1 aromatic heterocycles. The molecule has 0 radical (unpaired) electrons. The summed E-state index contributed by atoms with van der Waals surface area (Å²) in [5.74, 6) is 0. The highest BCUT2D eigenvalue weighted by Crippen LogP contribution is 2.26. The van der Waals surface area contributed by atoms with Gasteiger partial charge in [-0.05, 0) is 50.5 Å². The fraction of sp³-hybridized carbons (Fsp3) is 0.286. The predicted molar refractivity (Wildman–Crippen MR) is 66.4 cm³/mol. The monoisotopic (exact) mass is 212 g/mol. The van der Waals surface area contributed by atoms with E-state index in [9.17, 15) is 0 Å². The molecule has 0 aliphatic heterocycles. The second kappa shape index (κ2) is 4.05. The third-order valence-corrected chi connectivity index (χ3v) is 3.00. The van der Waals surface area contributed by atoms with E-state index in [1.165, 1.54) is 27.8 Å². The standard InChI is InChI=1S/C14H16N2/c1-9-5-6-10(2)13(7-9)14-12(4)11(3)8-15-16-14/h5-8H,1-4H3. The Hall–Kier alpha value is -1.70. The highest BCUT2D eigenvalue weighted by Gasteiger charge is 2.08. The first-order valence-electron chi connectivity index (χ1n) is 5.46. The summed E-state index contributed by atoms with van der Waals surface area (Å²) in [6.45, 7) is 8.37. The van der Waals surface area contributed by atoms with Gasteiger partial charge in [0.15, 0.2) is 0 Å². The van der Waals surface area contributed by atoms with Gasteiger partial charge in [-0.1, -0.05) is 17.7 Å². The van der Waals surface area contributed by atoms with Gasteiger partial charge in [0.25, 0.3) is 0 Å². The molecule has 0 N–H and O–H groups in total. The molecule has 0 amide bonds. The molecule has 0 aliphatic rings. The average molecular weight is 212 g/mol. The minimum atomic E-state index is 1.00. The molecule has 0 unspecified atom stereocenters. The lowest BCUT2D eigenvalue weighted by Gasteiger charge is -2.09. The fourth-order valence-electron chi connectivity index (χ4n) is 1.78. The summed E-state index contributed by atoms with van der Waals surface area (Å²) < 4.78 is 0. The summed E-state index contributed by atoms with van der Waals surface area (Å²) in [4.78, 5) is 0. The van der Waals surface area contributed by atoms with Gasteiger partial charge in [-0.15, -0.1) is 0 Å². The minimum absolute atomic E-state index is 1.00. The quantitative estimate of drug-likeness (QED) is 0.724. The molecule has 0 saturated heterocycles. The van der Waals surface area contributed by atoms with E-state index in [1.807, 2.05) is 6.20 Å². The molecule has 0 fully saturated rings. The van der Waals surface area contributed by atoms with Crippen LogP contribution >= 0.6 is 0 Å². The lowest BCUT2D eigenvalue weighted by atomic mass is 9.98. The van der Waals surface area contributed by atoms with Crippen LogP contribution in [0.5, 0.6) is 0 Å². The zero-order valence-electron chi connectivity index (χ0n) is 10.2. The van der Waals surface area contributed by atoms with Crippen LogP contribution in [0.1, 0.15) is 22.3 Å². The molecular formula is C14H16N2. The third-order valence-electron chi connectivity index (χ3n) is 3.00. The highest BCUT2D eigenvalue weighted by atomic mass is 15.1. The highest BCUT2D eigenvalue weighted by molar-refractivity contribution is 5.67. The van der Waals surface area contributed by atoms with Gasteiger partial charge in [-0.3, -0.25) is 0 Å². The number of hydrogen-bond acceptors (Lipinski definition) is 2. The molecule has 0 aliphatic carbocycles. The van der Waals surface area contributed by atoms with Gasteiger partial charge in [-0.2, -0.15) is 10.2 Å². The van der Waals surface area contributed by atoms with Crippen LogP contribution in [-0.4, -0.2) is 10.2 Å². The van der Waals surface area contributed by atoms with Crippen LogP contribution in [0.4, 0.5) is 0 Å². The van der Waals surface area contributed by atoms with Crippen molar-refractivity contribution in [3.05, 3.63) is 46.6 Å². The van der Waals surface area contributed by atoms with Crippen molar-refractivity contribution in [2.75, 3.05) is 0 Å². The van der Waals surface area contributed by atoms with E-state index in [4.69, 9.17) is 0 Å². The number of nitrogens with zero attached hydrogens (tertiary/aromatic N) is 2. The number of rotatable bonds is 1. The van der Waals surface area contributed by atoms with Gasteiger partial charge in [0.05, 0.1) is 11.9 Å². The molecule has 16 heavy (non-hydrogen) atoms. The molecule has 2 aromatic rings. The Bertz CT molecular complexity index is 530. The normalized spacial score (nSPS) is 10.5. The van der Waals surface area contributed by atoms with E-state index in [2.05, 4.69) is 56.1 Å². The van der Waals surface area contributed by atoms with Crippen molar-refractivity contribution in [2.24, 2.45) is 0 Å². The maximum Gasteiger partial charge on any atom is 0.0964 e. The Morgan fingerprint density at radius 3 is 2.44 bits per heavy atom. The zero-order chi connectivity index (χ0) is 11.7. The predicted octanol–water partition coefficient (Wildman–Crippen LogP) is 3.38. The molecule has 0 atom stereocenters. The third kappa shape index (κ3) is 1.83. The smallest absolute Gasteiger partial charge is 0.0964 e. The second-order valence-electron chi connectivity index (χ2n) is 4.32. The van der Waals surface area contributed by atoms with Gasteiger partial charge >= 0.3 is 0 Å². The van der Waals surface area contributed by atoms with Crippen molar-refractivity contribution in [3.8, 4) is 11.3 Å². The summed E-state index contributed by atoms with van der Waals surface area (Å²) in [5.41, 5.74) is 7.08. The lowest BCUT2D eigenvalue weighted by Crippen LogP contribution is -1.96. The number of hydrogen-bond donors (Lipinski definition) is 0. The number of aryl methyl sites for hydroxylation is 3. The first-order chi connectivity index (χ1) is 7.59. The van der Waals surface area contributed by atoms with Crippen molar-refractivity contribution >= 4 is 0 Å². The fourth-order valence-corrected chi connectivity index (χ4v) is 1.78. The van der Waals surface area contributed by atoms with Crippen LogP contribution in [-0.2, 0) is 0 Å². The van der Waals surface area contributed by atoms with Crippen LogP contribution < -0.4 is 0 Å². The Balaban J connectivity index is 2.67. The SMILES string of the molecule is Cc1ccc(C)c(-c2nncc(C)c2C)c1. The van der Waals surface area contributed by atoms with Gasteiger partial charge in [-0.25, -0.2) is 0 Å². The van der Waals surface area contributed by atoms with Crippen LogP contribution in [0.2, 0.25) is 0 Å². The molecular weight excluding hydrogens is 196 g/mol. The van der Waals surface area contributed by atoms with Crippen molar-refractivity contribution in [1.82, 2.24) is 10.2 Å². The van der Waals surface area contributed by atoms with Gasteiger partial charge < -0.3 is 0 Å². The molecule has 0 spiro atoms. The average Bonchev–Trinajstić information content (AvgIpc) is 2.26. The van der Waals surface area contributed by atoms with Crippen molar-refractivity contribution < 1.29 is 0 Å². The summed E-state index contributed by atoms with van der Waals surface area (Å²) in [5, 5.41) is 8.30. The first kappa shape index (κ1) is 10.8. The summed E-state index contributed by atoms with van der Waals surface area (Å²) in [6, 6.07) is 6.43. The number of aromatic nitrogens is 2. The maximum absolute atomic E-state index is 4.26. The molecule has 82 valence electrons. The molecule has 0 saturated carbocycles. The Morgan fingerprint density at radius 1 is 0.938 bits per heavy atom. The zero-order valence-corrected chi connectivity index (χ0v) is 10.2. The summed E-state index contributed by atoms with van der Waals surface area (Å²) in [7, 11) is 0. The van der Waals surface area contributed by atoms with Gasteiger partial charge in [0.2, 0.25) is 0 Å². The van der Waals surface area contributed by atoms with Gasteiger partial charge in [0, 0.05) is 5.56 Å². The van der Waals surface area contributed by atoms with E-state index >= 15 is 0 Å². The Labute approximate surface area is 96.4 Å². The molecule has 0 bridgehead atoms. The first-order valence-corrected chi connectivity index (χ1v) is 5.46. The Kier molecular flexibility index (Phi) is 2.73. The van der Waals surface area contributed by atoms with Crippen molar-refractivity contribution in [2.45, 2.75) is 27.7 Å². The minimum Gasteiger partial charge on any atom is -0.158 e. The molecule has 2 heteroatoms. The van der Waals surface area contributed by atoms with Crippen LogP contribution in [0.3, 0.4) is 0 Å². The molecule has 1 aromatic carbocycles. The molecule has 1 heterocycles.